The van der Waals surface area contributed by atoms with Crippen LogP contribution >= 0.6 is 0 Å². The maximum absolute atomic E-state index is 7.03. The van der Waals surface area contributed by atoms with Crippen molar-refractivity contribution in [3.8, 4) is 122 Å². The Labute approximate surface area is 505 Å². The summed E-state index contributed by atoms with van der Waals surface area (Å²) in [6.45, 7) is 0. The Hall–Kier alpha value is -11.3. The van der Waals surface area contributed by atoms with Gasteiger partial charge in [0.15, 0.2) is 0 Å². The zero-order valence-electron chi connectivity index (χ0n) is 47.5. The van der Waals surface area contributed by atoms with Gasteiger partial charge in [0.1, 0.15) is 22.3 Å². The first-order valence-electron chi connectivity index (χ1n) is 30.0. The van der Waals surface area contributed by atoms with Crippen LogP contribution in [0.2, 0.25) is 0 Å². The van der Waals surface area contributed by atoms with Crippen LogP contribution < -0.4 is 0 Å². The highest BCUT2D eigenvalue weighted by molar-refractivity contribution is 6.14. The highest BCUT2D eigenvalue weighted by Crippen LogP contribution is 2.48. The molecule has 0 amide bonds. The van der Waals surface area contributed by atoms with Gasteiger partial charge in [0.25, 0.3) is 0 Å². The first-order valence-corrected chi connectivity index (χ1v) is 30.0. The van der Waals surface area contributed by atoms with Crippen molar-refractivity contribution in [2.75, 3.05) is 0 Å². The molecule has 2 heterocycles. The second-order valence-electron chi connectivity index (χ2n) is 23.1. The molecule has 0 spiro atoms. The van der Waals surface area contributed by atoms with Gasteiger partial charge < -0.3 is 8.83 Å². The van der Waals surface area contributed by atoms with Gasteiger partial charge in [-0.05, 0) is 189 Å². The summed E-state index contributed by atoms with van der Waals surface area (Å²) in [5.74, 6) is 0. The maximum Gasteiger partial charge on any atom is 0.143 e. The molecule has 0 unspecified atom stereocenters. The van der Waals surface area contributed by atoms with Crippen LogP contribution in [0.4, 0.5) is 0 Å². The molecule has 0 saturated heterocycles. The van der Waals surface area contributed by atoms with Crippen molar-refractivity contribution in [2.45, 2.75) is 6.42 Å². The molecule has 2 heteroatoms. The molecule has 0 bridgehead atoms. The maximum atomic E-state index is 7.03. The van der Waals surface area contributed by atoms with Crippen LogP contribution in [-0.4, -0.2) is 0 Å². The van der Waals surface area contributed by atoms with Crippen molar-refractivity contribution >= 4 is 43.9 Å². The summed E-state index contributed by atoms with van der Waals surface area (Å²) in [7, 11) is 0. The van der Waals surface area contributed by atoms with Crippen molar-refractivity contribution in [3.05, 3.63) is 327 Å². The standard InChI is InChI=1S/C85H54O2/c1-5-13-54(14-6-1)58-21-29-62(30-22-58)66-41-43-82-78(46-66)80-52-72(64-33-25-60(26-34-64)56-17-9-3-10-18-56)50-76(84(80)86-82)70-39-37-68-45-69-38-40-71(49-75(69)74(68)48-70)77-51-73(65-35-27-61(28-36-65)57-19-11-4-12-20-57)53-81-79-47-67(42-44-83(79)87-85(77)81)63-31-23-59(24-32-63)55-15-7-2-8-16-55/h1-44,46-53H,45H2. The molecule has 0 radical (unpaired) electrons. The molecular weight excluding hydrogens is 1050 g/mol. The van der Waals surface area contributed by atoms with E-state index < -0.39 is 0 Å². The van der Waals surface area contributed by atoms with Gasteiger partial charge in [0.05, 0.1) is 0 Å². The van der Waals surface area contributed by atoms with Crippen LogP contribution in [0, 0.1) is 0 Å². The highest BCUT2D eigenvalue weighted by atomic mass is 16.3. The Bertz CT molecular complexity index is 4930. The van der Waals surface area contributed by atoms with Crippen molar-refractivity contribution in [3.63, 3.8) is 0 Å². The van der Waals surface area contributed by atoms with Gasteiger partial charge in [-0.1, -0.05) is 255 Å². The average molecular weight is 1110 g/mol. The fourth-order valence-electron chi connectivity index (χ4n) is 13.3. The third kappa shape index (κ3) is 9.06. The Balaban J connectivity index is 0.788. The van der Waals surface area contributed by atoms with E-state index in [0.717, 1.165) is 117 Å². The van der Waals surface area contributed by atoms with Gasteiger partial charge in [-0.3, -0.25) is 0 Å². The van der Waals surface area contributed by atoms with Crippen LogP contribution in [0.1, 0.15) is 11.1 Å². The van der Waals surface area contributed by atoms with Gasteiger partial charge in [-0.2, -0.15) is 0 Å². The normalized spacial score (nSPS) is 11.9. The quantitative estimate of drug-likeness (QED) is 0.136. The summed E-state index contributed by atoms with van der Waals surface area (Å²) >= 11 is 0. The minimum atomic E-state index is 0.858. The second kappa shape index (κ2) is 20.8. The molecule has 17 rings (SSSR count). The molecular formula is C85H54O2. The lowest BCUT2D eigenvalue weighted by Crippen LogP contribution is -1.87. The van der Waals surface area contributed by atoms with E-state index >= 15 is 0 Å². The predicted octanol–water partition coefficient (Wildman–Crippen LogP) is 23.7. The van der Waals surface area contributed by atoms with E-state index in [-0.39, 0.29) is 0 Å². The van der Waals surface area contributed by atoms with Crippen LogP contribution in [0.15, 0.2) is 324 Å². The molecule has 406 valence electrons. The monoisotopic (exact) mass is 1110 g/mol. The Morgan fingerprint density at radius 1 is 0.172 bits per heavy atom. The number of rotatable bonds is 10. The van der Waals surface area contributed by atoms with Crippen LogP contribution in [0.25, 0.3) is 166 Å². The topological polar surface area (TPSA) is 26.3 Å². The van der Waals surface area contributed by atoms with Gasteiger partial charge in [-0.25, -0.2) is 0 Å². The SMILES string of the molecule is c1ccc(-c2ccc(-c3ccc4oc5c(-c6ccc7c(c6)-c6cc(-c8cc(-c9ccc(-c%10ccccc%10)cc9)cc9c8oc8ccc(-c%10ccc(-c%11ccccc%11)cc%10)cc89)ccc6C7)cc(-c6ccc(-c7ccccc7)cc6)cc5c4c3)cc2)cc1. The van der Waals surface area contributed by atoms with Gasteiger partial charge in [0.2, 0.25) is 0 Å². The zero-order valence-corrected chi connectivity index (χ0v) is 47.5. The number of hydrogen-bond acceptors (Lipinski definition) is 2. The molecule has 87 heavy (non-hydrogen) atoms. The average Bonchev–Trinajstić information content (AvgIpc) is 1.94. The van der Waals surface area contributed by atoms with E-state index in [2.05, 4.69) is 315 Å². The molecule has 0 saturated carbocycles. The molecule has 14 aromatic carbocycles. The van der Waals surface area contributed by atoms with E-state index in [4.69, 9.17) is 8.83 Å². The van der Waals surface area contributed by atoms with Crippen LogP contribution in [0.3, 0.4) is 0 Å². The van der Waals surface area contributed by atoms with E-state index in [0.29, 0.717) is 0 Å². The Morgan fingerprint density at radius 2 is 0.414 bits per heavy atom. The van der Waals surface area contributed by atoms with Gasteiger partial charge >= 0.3 is 0 Å². The first-order chi connectivity index (χ1) is 43.0. The minimum absolute atomic E-state index is 0.858. The number of benzene rings is 14. The van der Waals surface area contributed by atoms with E-state index in [1.807, 2.05) is 0 Å². The first kappa shape index (κ1) is 50.2. The second-order valence-corrected chi connectivity index (χ2v) is 23.1. The molecule has 0 atom stereocenters. The molecule has 16 aromatic rings. The molecule has 2 nitrogen and oxygen atoms in total. The third-order valence-corrected chi connectivity index (χ3v) is 18.0. The summed E-state index contributed by atoms with van der Waals surface area (Å²) in [6.07, 6.45) is 0.858. The van der Waals surface area contributed by atoms with Crippen molar-refractivity contribution < 1.29 is 8.83 Å². The van der Waals surface area contributed by atoms with Gasteiger partial charge in [0, 0.05) is 32.7 Å². The van der Waals surface area contributed by atoms with Crippen molar-refractivity contribution in [1.82, 2.24) is 0 Å². The largest absolute Gasteiger partial charge is 0.455 e. The van der Waals surface area contributed by atoms with Crippen LogP contribution in [0.5, 0.6) is 0 Å². The Kier molecular flexibility index (Phi) is 12.0. The fraction of sp³-hybridized carbons (Fsp3) is 0.0118. The lowest BCUT2D eigenvalue weighted by molar-refractivity contribution is 0.669. The lowest BCUT2D eigenvalue weighted by Gasteiger charge is -2.12. The van der Waals surface area contributed by atoms with Crippen molar-refractivity contribution in [2.24, 2.45) is 0 Å². The highest BCUT2D eigenvalue weighted by Gasteiger charge is 2.24. The molecule has 1 aliphatic rings. The predicted molar refractivity (Wildman–Crippen MR) is 364 cm³/mol. The van der Waals surface area contributed by atoms with Gasteiger partial charge in [-0.15, -0.1) is 0 Å². The smallest absolute Gasteiger partial charge is 0.143 e. The summed E-state index contributed by atoms with van der Waals surface area (Å²) in [4.78, 5) is 0. The molecule has 0 fully saturated rings. The minimum Gasteiger partial charge on any atom is -0.455 e. The van der Waals surface area contributed by atoms with Crippen LogP contribution in [-0.2, 0) is 6.42 Å². The molecule has 1 aliphatic carbocycles. The Morgan fingerprint density at radius 3 is 0.736 bits per heavy atom. The summed E-state index contributed by atoms with van der Waals surface area (Å²) in [5, 5.41) is 4.37. The molecule has 2 aromatic heterocycles. The third-order valence-electron chi connectivity index (χ3n) is 18.0. The van der Waals surface area contributed by atoms with E-state index in [1.54, 1.807) is 0 Å². The van der Waals surface area contributed by atoms with E-state index in [1.165, 1.54) is 66.8 Å². The summed E-state index contributed by atoms with van der Waals surface area (Å²) < 4.78 is 14.1. The van der Waals surface area contributed by atoms with Crippen molar-refractivity contribution in [1.29, 1.82) is 0 Å². The molecule has 0 aliphatic heterocycles. The number of fused-ring (bicyclic) bond motifs is 9. The lowest BCUT2D eigenvalue weighted by atomic mass is 9.91. The summed E-state index contributed by atoms with van der Waals surface area (Å²) in [5.41, 5.74) is 31.7. The fourth-order valence-corrected chi connectivity index (χ4v) is 13.3. The zero-order chi connectivity index (χ0) is 57.4. The summed E-state index contributed by atoms with van der Waals surface area (Å²) in [6, 6.07) is 115. The number of hydrogen-bond donors (Lipinski definition) is 0. The molecule has 0 N–H and O–H groups in total. The number of furan rings is 2. The van der Waals surface area contributed by atoms with E-state index in [9.17, 15) is 0 Å².